The number of anilines is 2. The van der Waals surface area contributed by atoms with Gasteiger partial charge >= 0.3 is 0 Å². The number of aryl methyl sites for hydroxylation is 2. The SMILES string of the molecule is Cc1ccc(NC(=O)c2ccccc2N2C(=O)[C@@H]3C[C@H](Br)[C@@H](Br)C[C@H]3C2=O)cc1C. The average Bonchev–Trinajstić information content (AvgIpc) is 2.95. The normalized spacial score (nSPS) is 25.9. The van der Waals surface area contributed by atoms with Gasteiger partial charge in [0.1, 0.15) is 0 Å². The Labute approximate surface area is 192 Å². The van der Waals surface area contributed by atoms with E-state index >= 15 is 0 Å². The standard InChI is InChI=1S/C23H22Br2N2O3/c1-12-7-8-14(9-13(12)2)26-21(28)15-5-3-4-6-20(15)27-22(29)16-10-18(24)19(25)11-17(16)23(27)30/h3-9,16-19H,10-11H2,1-2H3,(H,26,28)/t16-,17-,18+,19+/m1/s1. The number of fused-ring (bicyclic) bond motifs is 1. The van der Waals surface area contributed by atoms with Gasteiger partial charge in [0.05, 0.1) is 23.1 Å². The summed E-state index contributed by atoms with van der Waals surface area (Å²) in [7, 11) is 0. The molecule has 1 saturated heterocycles. The number of carbonyl (C=O) groups excluding carboxylic acids is 3. The van der Waals surface area contributed by atoms with Crippen molar-refractivity contribution in [2.75, 3.05) is 10.2 Å². The topological polar surface area (TPSA) is 66.5 Å². The van der Waals surface area contributed by atoms with Crippen molar-refractivity contribution >= 4 is 61.0 Å². The number of carbonyl (C=O) groups is 3. The van der Waals surface area contributed by atoms with Crippen molar-refractivity contribution in [3.8, 4) is 0 Å². The number of rotatable bonds is 3. The molecule has 2 fully saturated rings. The summed E-state index contributed by atoms with van der Waals surface area (Å²) < 4.78 is 0. The summed E-state index contributed by atoms with van der Waals surface area (Å²) >= 11 is 7.21. The highest BCUT2D eigenvalue weighted by Crippen LogP contribution is 2.44. The summed E-state index contributed by atoms with van der Waals surface area (Å²) in [4.78, 5) is 40.8. The van der Waals surface area contributed by atoms with Crippen LogP contribution in [0.5, 0.6) is 0 Å². The van der Waals surface area contributed by atoms with E-state index in [1.807, 2.05) is 32.0 Å². The fraction of sp³-hybridized carbons (Fsp3) is 0.348. The van der Waals surface area contributed by atoms with Crippen molar-refractivity contribution in [1.82, 2.24) is 0 Å². The number of nitrogens with zero attached hydrogens (tertiary/aromatic N) is 1. The Kier molecular flexibility index (Phi) is 5.86. The molecule has 4 atom stereocenters. The van der Waals surface area contributed by atoms with Gasteiger partial charge in [-0.1, -0.05) is 50.1 Å². The number of alkyl halides is 2. The molecule has 1 aliphatic heterocycles. The molecule has 1 heterocycles. The minimum Gasteiger partial charge on any atom is -0.322 e. The van der Waals surface area contributed by atoms with Gasteiger partial charge in [0.2, 0.25) is 11.8 Å². The van der Waals surface area contributed by atoms with Gasteiger partial charge in [-0.25, -0.2) is 4.90 Å². The molecule has 2 aliphatic rings. The van der Waals surface area contributed by atoms with Crippen molar-refractivity contribution in [3.63, 3.8) is 0 Å². The van der Waals surface area contributed by atoms with Crippen LogP contribution in [0.1, 0.15) is 34.3 Å². The maximum absolute atomic E-state index is 13.2. The van der Waals surface area contributed by atoms with Gasteiger partial charge in [-0.2, -0.15) is 0 Å². The Morgan fingerprint density at radius 3 is 2.13 bits per heavy atom. The molecule has 156 valence electrons. The zero-order valence-corrected chi connectivity index (χ0v) is 19.9. The van der Waals surface area contributed by atoms with E-state index < -0.39 is 0 Å². The highest BCUT2D eigenvalue weighted by Gasteiger charge is 2.52. The fourth-order valence-electron chi connectivity index (χ4n) is 4.21. The maximum atomic E-state index is 13.2. The minimum atomic E-state index is -0.355. The van der Waals surface area contributed by atoms with Gasteiger partial charge < -0.3 is 5.32 Å². The number of hydrogen-bond acceptors (Lipinski definition) is 3. The molecule has 0 aromatic heterocycles. The molecule has 3 amide bonds. The number of amides is 3. The summed E-state index contributed by atoms with van der Waals surface area (Å²) in [5.41, 5.74) is 3.54. The Morgan fingerprint density at radius 2 is 1.53 bits per heavy atom. The lowest BCUT2D eigenvalue weighted by molar-refractivity contribution is -0.122. The van der Waals surface area contributed by atoms with Crippen molar-refractivity contribution < 1.29 is 14.4 Å². The fourth-order valence-corrected chi connectivity index (χ4v) is 5.45. The number of hydrogen-bond donors (Lipinski definition) is 1. The van der Waals surface area contributed by atoms with Crippen LogP contribution in [0, 0.1) is 25.7 Å². The number of imide groups is 1. The third kappa shape index (κ3) is 3.73. The van der Waals surface area contributed by atoms with Crippen LogP contribution in [-0.4, -0.2) is 27.4 Å². The van der Waals surface area contributed by atoms with Crippen LogP contribution in [0.2, 0.25) is 0 Å². The molecule has 1 aliphatic carbocycles. The second-order valence-corrected chi connectivity index (χ2v) is 10.4. The quantitative estimate of drug-likeness (QED) is 0.447. The van der Waals surface area contributed by atoms with Crippen LogP contribution >= 0.6 is 31.9 Å². The maximum Gasteiger partial charge on any atom is 0.257 e. The van der Waals surface area contributed by atoms with Crippen LogP contribution in [0.3, 0.4) is 0 Å². The van der Waals surface area contributed by atoms with Gasteiger partial charge in [-0.05, 0) is 62.1 Å². The first kappa shape index (κ1) is 21.2. The number of para-hydroxylation sites is 1. The molecule has 2 aromatic rings. The Balaban J connectivity index is 1.64. The van der Waals surface area contributed by atoms with E-state index in [2.05, 4.69) is 37.2 Å². The molecule has 5 nitrogen and oxygen atoms in total. The molecular formula is C23H22Br2N2O3. The van der Waals surface area contributed by atoms with E-state index in [0.29, 0.717) is 29.8 Å². The van der Waals surface area contributed by atoms with E-state index in [1.165, 1.54) is 4.90 Å². The second kappa shape index (κ2) is 8.27. The first-order valence-corrected chi connectivity index (χ1v) is 11.7. The molecule has 30 heavy (non-hydrogen) atoms. The summed E-state index contributed by atoms with van der Waals surface area (Å²) in [6, 6.07) is 12.5. The van der Waals surface area contributed by atoms with E-state index in [1.54, 1.807) is 24.3 Å². The molecule has 0 bridgehead atoms. The van der Waals surface area contributed by atoms with Crippen molar-refractivity contribution in [3.05, 3.63) is 59.2 Å². The van der Waals surface area contributed by atoms with E-state index in [4.69, 9.17) is 0 Å². The first-order chi connectivity index (χ1) is 14.3. The Bertz CT molecular complexity index is 1010. The van der Waals surface area contributed by atoms with Gasteiger partial charge in [-0.15, -0.1) is 0 Å². The third-order valence-electron chi connectivity index (χ3n) is 6.07. The predicted octanol–water partition coefficient (Wildman–Crippen LogP) is 4.98. The zero-order chi connectivity index (χ0) is 21.6. The molecule has 1 N–H and O–H groups in total. The number of halogens is 2. The summed E-state index contributed by atoms with van der Waals surface area (Å²) in [6.07, 6.45) is 1.19. The van der Waals surface area contributed by atoms with Gasteiger partial charge in [0, 0.05) is 15.3 Å². The minimum absolute atomic E-state index is 0.138. The lowest BCUT2D eigenvalue weighted by Gasteiger charge is -2.29. The zero-order valence-electron chi connectivity index (χ0n) is 16.7. The molecule has 0 spiro atoms. The van der Waals surface area contributed by atoms with Crippen molar-refractivity contribution in [1.29, 1.82) is 0 Å². The van der Waals surface area contributed by atoms with E-state index in [-0.39, 0.29) is 39.2 Å². The molecule has 0 unspecified atom stereocenters. The van der Waals surface area contributed by atoms with Gasteiger partial charge in [0.15, 0.2) is 0 Å². The highest BCUT2D eigenvalue weighted by atomic mass is 79.9. The van der Waals surface area contributed by atoms with E-state index in [9.17, 15) is 14.4 Å². The predicted molar refractivity (Wildman–Crippen MR) is 124 cm³/mol. The van der Waals surface area contributed by atoms with Crippen LogP contribution in [0.15, 0.2) is 42.5 Å². The van der Waals surface area contributed by atoms with Crippen molar-refractivity contribution in [2.45, 2.75) is 36.3 Å². The lowest BCUT2D eigenvalue weighted by atomic mass is 9.81. The summed E-state index contributed by atoms with van der Waals surface area (Å²) in [6.45, 7) is 3.99. The van der Waals surface area contributed by atoms with Gasteiger partial charge in [0.25, 0.3) is 5.91 Å². The molecule has 2 aromatic carbocycles. The third-order valence-corrected chi connectivity index (χ3v) is 8.80. The second-order valence-electron chi connectivity index (χ2n) is 8.00. The van der Waals surface area contributed by atoms with Gasteiger partial charge in [-0.3, -0.25) is 14.4 Å². The highest BCUT2D eigenvalue weighted by molar-refractivity contribution is 9.12. The van der Waals surface area contributed by atoms with Crippen molar-refractivity contribution in [2.24, 2.45) is 11.8 Å². The van der Waals surface area contributed by atoms with Crippen LogP contribution in [0.4, 0.5) is 11.4 Å². The lowest BCUT2D eigenvalue weighted by Crippen LogP contribution is -2.34. The molecule has 7 heteroatoms. The van der Waals surface area contributed by atoms with E-state index in [0.717, 1.165) is 11.1 Å². The summed E-state index contributed by atoms with van der Waals surface area (Å²) in [5.74, 6) is -1.50. The smallest absolute Gasteiger partial charge is 0.257 e. The van der Waals surface area contributed by atoms with Crippen LogP contribution in [-0.2, 0) is 9.59 Å². The Morgan fingerprint density at radius 1 is 0.933 bits per heavy atom. The summed E-state index contributed by atoms with van der Waals surface area (Å²) in [5, 5.41) is 2.89. The average molecular weight is 534 g/mol. The van der Waals surface area contributed by atoms with Crippen LogP contribution in [0.25, 0.3) is 0 Å². The van der Waals surface area contributed by atoms with Crippen LogP contribution < -0.4 is 10.2 Å². The number of benzene rings is 2. The molecule has 0 radical (unpaired) electrons. The number of nitrogens with one attached hydrogen (secondary N) is 1. The molecule has 4 rings (SSSR count). The Hall–Kier alpha value is -1.99. The first-order valence-electron chi connectivity index (χ1n) is 9.91. The monoisotopic (exact) mass is 532 g/mol. The molecule has 1 saturated carbocycles. The largest absolute Gasteiger partial charge is 0.322 e. The molecular weight excluding hydrogens is 512 g/mol.